The zero-order valence-electron chi connectivity index (χ0n) is 17.3. The largest absolute Gasteiger partial charge is 0.490 e. The molecule has 1 aliphatic carbocycles. The van der Waals surface area contributed by atoms with Gasteiger partial charge >= 0.3 is 6.03 Å². The van der Waals surface area contributed by atoms with Gasteiger partial charge in [0.15, 0.2) is 11.6 Å². The minimum absolute atomic E-state index is 0.0822. The van der Waals surface area contributed by atoms with Crippen LogP contribution in [0.2, 0.25) is 0 Å². The van der Waals surface area contributed by atoms with E-state index >= 15 is 0 Å². The van der Waals surface area contributed by atoms with Gasteiger partial charge in [0.1, 0.15) is 6.54 Å². The van der Waals surface area contributed by atoms with Gasteiger partial charge in [-0.3, -0.25) is 14.7 Å². The molecule has 2 N–H and O–H groups in total. The van der Waals surface area contributed by atoms with Gasteiger partial charge in [0.2, 0.25) is 13.3 Å². The second-order valence-corrected chi connectivity index (χ2v) is 10.9. The van der Waals surface area contributed by atoms with Crippen molar-refractivity contribution < 1.29 is 28.2 Å². The van der Waals surface area contributed by atoms with Crippen molar-refractivity contribution in [1.29, 1.82) is 0 Å². The second kappa shape index (κ2) is 9.92. The molecule has 0 bridgehead atoms. The van der Waals surface area contributed by atoms with E-state index in [0.717, 1.165) is 18.4 Å². The van der Waals surface area contributed by atoms with Crippen LogP contribution in [0.15, 0.2) is 18.2 Å². The third-order valence-corrected chi connectivity index (χ3v) is 7.69. The quantitative estimate of drug-likeness (QED) is 0.294. The number of ether oxygens (including phenoxy) is 1. The number of nitrogens with one attached hydrogen (secondary N) is 1. The Labute approximate surface area is 176 Å². The van der Waals surface area contributed by atoms with E-state index in [1.54, 1.807) is 12.1 Å². The first-order valence-corrected chi connectivity index (χ1v) is 12.6. The summed E-state index contributed by atoms with van der Waals surface area (Å²) in [6, 6.07) is 4.27. The first-order chi connectivity index (χ1) is 14.2. The molecule has 1 aliphatic heterocycles. The number of hydrogen-bond donors (Lipinski definition) is 2. The molecule has 9 heteroatoms. The maximum Gasteiger partial charge on any atom is 0.324 e. The summed E-state index contributed by atoms with van der Waals surface area (Å²) in [5.74, 6) is -0.168. The molecule has 2 aliphatic rings. The molecule has 2 fully saturated rings. The lowest BCUT2D eigenvalue weighted by Crippen LogP contribution is -2.29. The van der Waals surface area contributed by atoms with Crippen LogP contribution in [-0.4, -0.2) is 53.8 Å². The zero-order chi connectivity index (χ0) is 21.7. The van der Waals surface area contributed by atoms with Crippen LogP contribution in [0.25, 0.3) is 0 Å². The summed E-state index contributed by atoms with van der Waals surface area (Å²) in [6.07, 6.45) is 4.52. The smallest absolute Gasteiger partial charge is 0.324 e. The molecular formula is C21H30FN2O5P. The lowest BCUT2D eigenvalue weighted by atomic mass is 10.0. The maximum atomic E-state index is 14.0. The Morgan fingerprint density at radius 1 is 1.30 bits per heavy atom. The summed E-state index contributed by atoms with van der Waals surface area (Å²) < 4.78 is 32.2. The number of amides is 3. The van der Waals surface area contributed by atoms with E-state index in [1.165, 1.54) is 11.0 Å². The molecule has 1 saturated carbocycles. The van der Waals surface area contributed by atoms with Crippen molar-refractivity contribution in [3.8, 4) is 5.75 Å². The molecule has 30 heavy (non-hydrogen) atoms. The van der Waals surface area contributed by atoms with Crippen molar-refractivity contribution in [2.45, 2.75) is 44.9 Å². The molecule has 1 aromatic rings. The summed E-state index contributed by atoms with van der Waals surface area (Å²) >= 11 is 0. The topological polar surface area (TPSA) is 95.9 Å². The Bertz CT molecular complexity index is 830. The molecule has 7 nitrogen and oxygen atoms in total. The standard InChI is InChI=1S/C21H30FN2O5P/c1-15(17-7-8-18(22)19(11-17)29-13-16-5-6-16)14-30(27,28)10-4-2-3-9-24-12-20(25)23-21(24)26/h7-8,11,15-16H,2-6,9-10,12-14H2,1H3,(H,27,28)(H,23,25,26)/t15-/m0/s1. The van der Waals surface area contributed by atoms with Crippen LogP contribution >= 0.6 is 7.37 Å². The Hall–Kier alpha value is -1.92. The maximum absolute atomic E-state index is 14.0. The van der Waals surface area contributed by atoms with Crippen molar-refractivity contribution in [2.75, 3.05) is 32.0 Å². The lowest BCUT2D eigenvalue weighted by Gasteiger charge is -2.19. The molecule has 0 aromatic heterocycles. The number of imide groups is 1. The van der Waals surface area contributed by atoms with Gasteiger partial charge in [-0.05, 0) is 55.2 Å². The second-order valence-electron chi connectivity index (χ2n) is 8.43. The minimum atomic E-state index is -3.33. The summed E-state index contributed by atoms with van der Waals surface area (Å²) in [5.41, 5.74) is 0.793. The number of halogens is 1. The number of carbonyl (C=O) groups excluding carboxylic acids is 2. The fourth-order valence-electron chi connectivity index (χ4n) is 3.56. The molecule has 0 spiro atoms. The molecule has 1 saturated heterocycles. The van der Waals surface area contributed by atoms with E-state index in [2.05, 4.69) is 5.32 Å². The van der Waals surface area contributed by atoms with Gasteiger partial charge in [0.05, 0.1) is 6.61 Å². The fourth-order valence-corrected chi connectivity index (χ4v) is 5.52. The summed E-state index contributed by atoms with van der Waals surface area (Å²) in [6.45, 7) is 2.92. The molecular weight excluding hydrogens is 410 g/mol. The normalized spacial score (nSPS) is 19.5. The predicted molar refractivity (Wildman–Crippen MR) is 112 cm³/mol. The Kier molecular flexibility index (Phi) is 7.53. The number of unbranched alkanes of at least 4 members (excludes halogenated alkanes) is 2. The Morgan fingerprint density at radius 2 is 2.07 bits per heavy atom. The van der Waals surface area contributed by atoms with E-state index in [4.69, 9.17) is 4.74 Å². The van der Waals surface area contributed by atoms with Crippen LogP contribution in [0.5, 0.6) is 5.75 Å². The number of benzene rings is 1. The van der Waals surface area contributed by atoms with E-state index in [9.17, 15) is 23.4 Å². The van der Waals surface area contributed by atoms with Crippen LogP contribution in [0.3, 0.4) is 0 Å². The molecule has 3 amide bonds. The highest BCUT2D eigenvalue weighted by molar-refractivity contribution is 7.58. The number of urea groups is 1. The SMILES string of the molecule is C[C@@H](CP(=O)(O)CCCCCN1CC(=O)NC1=O)c1ccc(F)c(OCC2CC2)c1. The van der Waals surface area contributed by atoms with E-state index < -0.39 is 13.2 Å². The van der Waals surface area contributed by atoms with Crippen LogP contribution < -0.4 is 10.1 Å². The highest BCUT2D eigenvalue weighted by Gasteiger charge is 2.27. The third kappa shape index (κ3) is 6.81. The van der Waals surface area contributed by atoms with Crippen LogP contribution in [0, 0.1) is 11.7 Å². The van der Waals surface area contributed by atoms with Gasteiger partial charge < -0.3 is 14.5 Å². The van der Waals surface area contributed by atoms with Crippen molar-refractivity contribution in [1.82, 2.24) is 10.2 Å². The van der Waals surface area contributed by atoms with E-state index in [1.807, 2.05) is 6.92 Å². The molecule has 1 aromatic carbocycles. The number of nitrogens with zero attached hydrogens (tertiary/aromatic N) is 1. The number of carbonyl (C=O) groups is 2. The highest BCUT2D eigenvalue weighted by Crippen LogP contribution is 2.46. The summed E-state index contributed by atoms with van der Waals surface area (Å²) in [7, 11) is -3.33. The predicted octanol–water partition coefficient (Wildman–Crippen LogP) is 3.71. The fraction of sp³-hybridized carbons (Fsp3) is 0.619. The third-order valence-electron chi connectivity index (χ3n) is 5.56. The van der Waals surface area contributed by atoms with Crippen molar-refractivity contribution >= 4 is 19.3 Å². The van der Waals surface area contributed by atoms with Gasteiger partial charge in [0.25, 0.3) is 0 Å². The van der Waals surface area contributed by atoms with Gasteiger partial charge in [-0.2, -0.15) is 0 Å². The average Bonchev–Trinajstić information content (AvgIpc) is 3.44. The highest BCUT2D eigenvalue weighted by atomic mass is 31.2. The number of hydrogen-bond acceptors (Lipinski definition) is 4. The summed E-state index contributed by atoms with van der Waals surface area (Å²) in [5, 5.41) is 2.22. The van der Waals surface area contributed by atoms with Gasteiger partial charge in [0, 0.05) is 18.9 Å². The molecule has 1 heterocycles. The van der Waals surface area contributed by atoms with Crippen molar-refractivity contribution in [3.05, 3.63) is 29.6 Å². The molecule has 166 valence electrons. The Morgan fingerprint density at radius 3 is 2.73 bits per heavy atom. The Balaban J connectivity index is 1.41. The summed E-state index contributed by atoms with van der Waals surface area (Å²) in [4.78, 5) is 34.4. The molecule has 1 unspecified atom stereocenters. The lowest BCUT2D eigenvalue weighted by molar-refractivity contribution is -0.118. The minimum Gasteiger partial charge on any atom is -0.490 e. The van der Waals surface area contributed by atoms with Gasteiger partial charge in [-0.1, -0.05) is 19.4 Å². The van der Waals surface area contributed by atoms with E-state index in [0.29, 0.717) is 38.3 Å². The first kappa shape index (κ1) is 22.8. The van der Waals surface area contributed by atoms with Gasteiger partial charge in [-0.25, -0.2) is 9.18 Å². The molecule has 0 radical (unpaired) electrons. The zero-order valence-corrected chi connectivity index (χ0v) is 18.2. The van der Waals surface area contributed by atoms with E-state index in [-0.39, 0.29) is 42.5 Å². The number of rotatable bonds is 12. The first-order valence-electron chi connectivity index (χ1n) is 10.6. The van der Waals surface area contributed by atoms with Crippen molar-refractivity contribution in [2.24, 2.45) is 5.92 Å². The van der Waals surface area contributed by atoms with Crippen molar-refractivity contribution in [3.63, 3.8) is 0 Å². The van der Waals surface area contributed by atoms with Crippen LogP contribution in [-0.2, 0) is 9.36 Å². The molecule has 3 rings (SSSR count). The van der Waals surface area contributed by atoms with Gasteiger partial charge in [-0.15, -0.1) is 0 Å². The van der Waals surface area contributed by atoms with Crippen LogP contribution in [0.1, 0.15) is 50.5 Å². The van der Waals surface area contributed by atoms with Crippen LogP contribution in [0.4, 0.5) is 9.18 Å². The molecule has 2 atom stereocenters. The average molecular weight is 440 g/mol. The monoisotopic (exact) mass is 440 g/mol.